The van der Waals surface area contributed by atoms with Crippen LogP contribution in [0.4, 0.5) is 11.4 Å². The van der Waals surface area contributed by atoms with Gasteiger partial charge in [0, 0.05) is 11.5 Å². The van der Waals surface area contributed by atoms with Crippen LogP contribution in [0.25, 0.3) is 0 Å². The minimum atomic E-state index is 0.793. The van der Waals surface area contributed by atoms with Crippen molar-refractivity contribution in [3.63, 3.8) is 0 Å². The third kappa shape index (κ3) is 34.0. The molecule has 0 saturated carbocycles. The lowest BCUT2D eigenvalue weighted by Gasteiger charge is -2.06. The summed E-state index contributed by atoms with van der Waals surface area (Å²) in [5.41, 5.74) is 3.14. The molecule has 0 N–H and O–H groups in total. The molecule has 2 aromatic carbocycles. The molecule has 0 fully saturated rings. The fourth-order valence-electron chi connectivity index (χ4n) is 7.61. The number of ether oxygens (including phenoxy) is 1. The van der Waals surface area contributed by atoms with Crippen LogP contribution < -0.4 is 4.74 Å². The zero-order valence-electron chi connectivity index (χ0n) is 37.6. The fraction of sp³-hybridized carbons (Fsp3) is 0.769. The van der Waals surface area contributed by atoms with Crippen molar-refractivity contribution in [2.75, 3.05) is 18.1 Å². The molecular formula is C52H90N2OS2. The van der Waals surface area contributed by atoms with E-state index in [9.17, 15) is 0 Å². The second kappa shape index (κ2) is 41.3. The number of nitrogens with zero attached hydrogens (tertiary/aromatic N) is 2. The average molecular weight is 823 g/mol. The minimum Gasteiger partial charge on any atom is -0.494 e. The topological polar surface area (TPSA) is 34.0 Å². The Hall–Kier alpha value is -1.46. The molecule has 0 aliphatic rings. The Balaban J connectivity index is 1.23. The maximum atomic E-state index is 5.98. The normalized spacial score (nSPS) is 11.6. The van der Waals surface area contributed by atoms with Gasteiger partial charge in [-0.2, -0.15) is 10.2 Å². The van der Waals surface area contributed by atoms with Crippen molar-refractivity contribution in [3.05, 3.63) is 54.1 Å². The van der Waals surface area contributed by atoms with Crippen LogP contribution in [0, 0.1) is 0 Å². The van der Waals surface area contributed by atoms with Crippen LogP contribution in [0.3, 0.4) is 0 Å². The molecule has 0 aliphatic heterocycles. The highest BCUT2D eigenvalue weighted by Gasteiger charge is 2.00. The highest BCUT2D eigenvalue weighted by molar-refractivity contribution is 8.76. The van der Waals surface area contributed by atoms with E-state index in [0.717, 1.165) is 36.6 Å². The van der Waals surface area contributed by atoms with Crippen molar-refractivity contribution in [2.24, 2.45) is 10.2 Å². The van der Waals surface area contributed by atoms with E-state index in [1.807, 2.05) is 24.3 Å². The maximum absolute atomic E-state index is 5.98. The first-order chi connectivity index (χ1) is 28.3. The summed E-state index contributed by atoms with van der Waals surface area (Å²) in [7, 11) is 4.26. The smallest absolute Gasteiger partial charge is 0.119 e. The van der Waals surface area contributed by atoms with E-state index >= 15 is 0 Å². The summed E-state index contributed by atoms with van der Waals surface area (Å²) in [6, 6.07) is 16.5. The summed E-state index contributed by atoms with van der Waals surface area (Å²) in [5.74, 6) is 3.62. The van der Waals surface area contributed by atoms with Crippen molar-refractivity contribution in [1.82, 2.24) is 0 Å². The molecule has 2 aromatic rings. The van der Waals surface area contributed by atoms with E-state index in [1.54, 1.807) is 0 Å². The first-order valence-electron chi connectivity index (χ1n) is 24.8. The van der Waals surface area contributed by atoms with Gasteiger partial charge in [0.1, 0.15) is 5.75 Å². The first kappa shape index (κ1) is 51.7. The molecule has 0 radical (unpaired) electrons. The van der Waals surface area contributed by atoms with E-state index < -0.39 is 0 Å². The predicted octanol–water partition coefficient (Wildman–Crippen LogP) is 19.7. The van der Waals surface area contributed by atoms with Gasteiger partial charge in [-0.05, 0) is 74.1 Å². The van der Waals surface area contributed by atoms with Gasteiger partial charge in [-0.15, -0.1) is 0 Å². The summed E-state index contributed by atoms with van der Waals surface area (Å²) in [6.07, 6.45) is 49.2. The molecule has 0 aromatic heterocycles. The summed E-state index contributed by atoms with van der Waals surface area (Å²) >= 11 is 0. The molecule has 0 saturated heterocycles. The Bertz CT molecular complexity index is 1120. The highest BCUT2D eigenvalue weighted by atomic mass is 33.1. The van der Waals surface area contributed by atoms with E-state index in [4.69, 9.17) is 4.74 Å². The lowest BCUT2D eigenvalue weighted by atomic mass is 10.0. The number of azo groups is 1. The van der Waals surface area contributed by atoms with Crippen molar-refractivity contribution in [2.45, 2.75) is 239 Å². The molecule has 0 unspecified atom stereocenters. The Morgan fingerprint density at radius 1 is 0.351 bits per heavy atom. The predicted molar refractivity (Wildman–Crippen MR) is 260 cm³/mol. The van der Waals surface area contributed by atoms with Crippen LogP contribution in [-0.2, 0) is 6.42 Å². The number of hydrogen-bond donors (Lipinski definition) is 0. The van der Waals surface area contributed by atoms with E-state index in [1.165, 1.54) is 229 Å². The Kier molecular flexibility index (Phi) is 37.4. The summed E-state index contributed by atoms with van der Waals surface area (Å²) in [4.78, 5) is 0. The van der Waals surface area contributed by atoms with E-state index in [0.29, 0.717) is 0 Å². The largest absolute Gasteiger partial charge is 0.494 e. The van der Waals surface area contributed by atoms with Gasteiger partial charge < -0.3 is 4.74 Å². The monoisotopic (exact) mass is 823 g/mol. The third-order valence-electron chi connectivity index (χ3n) is 11.4. The van der Waals surface area contributed by atoms with Gasteiger partial charge in [0.2, 0.25) is 0 Å². The van der Waals surface area contributed by atoms with Gasteiger partial charge in [0.25, 0.3) is 0 Å². The standard InChI is InChI=1S/C52H90N2OS2/c1-3-5-7-9-10-11-12-13-14-15-16-17-18-19-20-22-25-28-31-35-47-56-57-48-36-32-29-26-23-21-24-27-30-34-46-55-52-44-42-51(43-45-52)54-53-50-40-38-49(39-41-50)37-33-8-6-4-2/h38-45H,3-37,46-48H2,1-2H3. The number of rotatable bonds is 43. The van der Waals surface area contributed by atoms with Crippen LogP contribution >= 0.6 is 21.6 Å². The van der Waals surface area contributed by atoms with E-state index in [2.05, 4.69) is 69.9 Å². The molecule has 0 amide bonds. The average Bonchev–Trinajstić information content (AvgIpc) is 3.24. The molecule has 0 atom stereocenters. The van der Waals surface area contributed by atoms with Gasteiger partial charge in [-0.25, -0.2) is 0 Å². The summed E-state index contributed by atoms with van der Waals surface area (Å²) in [5, 5.41) is 8.82. The minimum absolute atomic E-state index is 0.793. The van der Waals surface area contributed by atoms with Crippen LogP contribution in [0.1, 0.15) is 238 Å². The van der Waals surface area contributed by atoms with Gasteiger partial charge in [-0.3, -0.25) is 0 Å². The molecule has 0 spiro atoms. The van der Waals surface area contributed by atoms with Gasteiger partial charge >= 0.3 is 0 Å². The third-order valence-corrected chi connectivity index (χ3v) is 14.0. The van der Waals surface area contributed by atoms with Crippen molar-refractivity contribution in [1.29, 1.82) is 0 Å². The van der Waals surface area contributed by atoms with Gasteiger partial charge in [0.05, 0.1) is 18.0 Å². The van der Waals surface area contributed by atoms with Crippen LogP contribution in [0.2, 0.25) is 0 Å². The molecule has 0 bridgehead atoms. The highest BCUT2D eigenvalue weighted by Crippen LogP contribution is 2.26. The molecule has 3 nitrogen and oxygen atoms in total. The van der Waals surface area contributed by atoms with Crippen molar-refractivity contribution in [3.8, 4) is 5.75 Å². The molecule has 326 valence electrons. The number of unbranched alkanes of at least 4 members (excludes halogenated alkanes) is 31. The molecule has 57 heavy (non-hydrogen) atoms. The van der Waals surface area contributed by atoms with Crippen LogP contribution in [0.5, 0.6) is 5.75 Å². The SMILES string of the molecule is CCCCCCCCCCCCCCCCCCCCCCSSCCCCCCCCCCCCOc1ccc(N=Nc2ccc(CCCCCC)cc2)cc1. The lowest BCUT2D eigenvalue weighted by Crippen LogP contribution is -1.96. The number of hydrogen-bond acceptors (Lipinski definition) is 5. The Labute approximate surface area is 362 Å². The summed E-state index contributed by atoms with van der Waals surface area (Å²) < 4.78 is 5.98. The molecular weight excluding hydrogens is 733 g/mol. The fourth-order valence-corrected chi connectivity index (χ4v) is 9.90. The summed E-state index contributed by atoms with van der Waals surface area (Å²) in [6.45, 7) is 5.36. The zero-order chi connectivity index (χ0) is 40.4. The van der Waals surface area contributed by atoms with Crippen molar-refractivity contribution < 1.29 is 4.74 Å². The molecule has 5 heteroatoms. The van der Waals surface area contributed by atoms with Crippen molar-refractivity contribution >= 4 is 33.0 Å². The first-order valence-corrected chi connectivity index (χ1v) is 27.3. The molecule has 0 aliphatic carbocycles. The van der Waals surface area contributed by atoms with Gasteiger partial charge in [0.15, 0.2) is 0 Å². The Morgan fingerprint density at radius 2 is 0.667 bits per heavy atom. The van der Waals surface area contributed by atoms with E-state index in [-0.39, 0.29) is 0 Å². The Morgan fingerprint density at radius 3 is 1.05 bits per heavy atom. The number of benzene rings is 2. The number of aryl methyl sites for hydroxylation is 1. The zero-order valence-corrected chi connectivity index (χ0v) is 39.2. The molecule has 2 rings (SSSR count). The molecule has 0 heterocycles. The lowest BCUT2D eigenvalue weighted by molar-refractivity contribution is 0.304. The maximum Gasteiger partial charge on any atom is 0.119 e. The second-order valence-electron chi connectivity index (χ2n) is 16.9. The van der Waals surface area contributed by atoms with Crippen LogP contribution in [0.15, 0.2) is 58.8 Å². The second-order valence-corrected chi connectivity index (χ2v) is 19.6. The quantitative estimate of drug-likeness (QED) is 0.0380. The van der Waals surface area contributed by atoms with Crippen LogP contribution in [-0.4, -0.2) is 18.1 Å². The van der Waals surface area contributed by atoms with Gasteiger partial charge in [-0.1, -0.05) is 240 Å².